The number of anilines is 2. The first-order valence-corrected chi connectivity index (χ1v) is 16.6. The van der Waals surface area contributed by atoms with Crippen molar-refractivity contribution in [2.24, 2.45) is 5.73 Å². The molecule has 52 heavy (non-hydrogen) atoms. The normalized spacial score (nSPS) is 12.7. The molecule has 6 rings (SSSR count). The molecule has 0 spiro atoms. The highest BCUT2D eigenvalue weighted by molar-refractivity contribution is 6.03. The zero-order chi connectivity index (χ0) is 36.8. The van der Waals surface area contributed by atoms with Gasteiger partial charge in [0.2, 0.25) is 0 Å². The number of carbonyl (C=O) groups excluding carboxylic acids is 1. The van der Waals surface area contributed by atoms with E-state index in [4.69, 9.17) is 29.4 Å². The van der Waals surface area contributed by atoms with Crippen molar-refractivity contribution < 1.29 is 37.3 Å². The van der Waals surface area contributed by atoms with Crippen LogP contribution in [0.25, 0.3) is 11.4 Å². The Kier molecular flexibility index (Phi) is 11.0. The van der Waals surface area contributed by atoms with Crippen LogP contribution in [0.3, 0.4) is 0 Å². The third-order valence-corrected chi connectivity index (χ3v) is 8.59. The average Bonchev–Trinajstić information content (AvgIpc) is 3.46. The van der Waals surface area contributed by atoms with Crippen LogP contribution in [0.15, 0.2) is 78.9 Å². The summed E-state index contributed by atoms with van der Waals surface area (Å²) in [4.78, 5) is 24.4. The summed E-state index contributed by atoms with van der Waals surface area (Å²) in [5.74, 6) is 1.07. The van der Waals surface area contributed by atoms with Crippen molar-refractivity contribution in [3.8, 4) is 40.1 Å². The highest BCUT2D eigenvalue weighted by Gasteiger charge is 2.34. The van der Waals surface area contributed by atoms with E-state index in [0.29, 0.717) is 59.7 Å². The first-order chi connectivity index (χ1) is 25.2. The number of carbonyl (C=O) groups is 1. The lowest BCUT2D eigenvalue weighted by Crippen LogP contribution is -2.24. The van der Waals surface area contributed by atoms with E-state index in [1.54, 1.807) is 55.5 Å². The third kappa shape index (κ3) is 7.84. The molecule has 4 aromatic carbocycles. The lowest BCUT2D eigenvalue weighted by molar-refractivity contribution is 0.0765. The molecule has 3 N–H and O–H groups in total. The molecule has 5 aromatic rings. The molecule has 1 aromatic heterocycles. The minimum Gasteiger partial charge on any atom is -0.497 e. The van der Waals surface area contributed by atoms with E-state index < -0.39 is 11.6 Å². The maximum atomic E-state index is 14.9. The summed E-state index contributed by atoms with van der Waals surface area (Å²) in [6, 6.07) is 21.5. The Labute approximate surface area is 300 Å². The Balaban J connectivity index is 1.18. The van der Waals surface area contributed by atoms with Crippen LogP contribution in [0.4, 0.5) is 20.3 Å². The fourth-order valence-corrected chi connectivity index (χ4v) is 5.86. The Bertz CT molecular complexity index is 2040. The van der Waals surface area contributed by atoms with E-state index in [-0.39, 0.29) is 47.9 Å². The van der Waals surface area contributed by atoms with Gasteiger partial charge in [-0.05, 0) is 61.5 Å². The molecule has 1 aliphatic rings. The molecule has 0 bridgehead atoms. The summed E-state index contributed by atoms with van der Waals surface area (Å²) in [5, 5.41) is 3.18. The number of rotatable bonds is 15. The number of amides is 1. The van der Waals surface area contributed by atoms with Crippen LogP contribution in [-0.4, -0.2) is 54.8 Å². The molecule has 2 heterocycles. The minimum absolute atomic E-state index is 0.0879. The third-order valence-electron chi connectivity index (χ3n) is 8.59. The molecule has 0 aliphatic carbocycles. The summed E-state index contributed by atoms with van der Waals surface area (Å²) in [6.07, 6.45) is 0.449. The number of nitrogens with two attached hydrogens (primary N) is 1. The molecule has 1 amide bonds. The number of nitrogens with one attached hydrogen (secondary N) is 1. The lowest BCUT2D eigenvalue weighted by atomic mass is 10.1. The van der Waals surface area contributed by atoms with Gasteiger partial charge in [0.25, 0.3) is 5.91 Å². The molecule has 0 saturated heterocycles. The van der Waals surface area contributed by atoms with E-state index in [2.05, 4.69) is 15.3 Å². The Morgan fingerprint density at radius 3 is 2.17 bits per heavy atom. The number of methoxy groups -OCH3 is 3. The molecule has 1 aliphatic heterocycles. The Hall–Kier alpha value is -5.95. The fraction of sp³-hybridized carbons (Fsp3) is 0.256. The monoisotopic (exact) mass is 711 g/mol. The van der Waals surface area contributed by atoms with Crippen molar-refractivity contribution in [3.05, 3.63) is 113 Å². The largest absolute Gasteiger partial charge is 0.497 e. The van der Waals surface area contributed by atoms with Gasteiger partial charge in [0.15, 0.2) is 5.82 Å². The highest BCUT2D eigenvalue weighted by atomic mass is 19.1. The van der Waals surface area contributed by atoms with Crippen LogP contribution in [0.2, 0.25) is 0 Å². The van der Waals surface area contributed by atoms with Gasteiger partial charge in [-0.1, -0.05) is 12.1 Å². The molecule has 11 nitrogen and oxygen atoms in total. The molecule has 270 valence electrons. The lowest BCUT2D eigenvalue weighted by Gasteiger charge is -2.18. The molecule has 0 saturated carbocycles. The van der Waals surface area contributed by atoms with E-state index in [1.807, 2.05) is 31.2 Å². The highest BCUT2D eigenvalue weighted by Crippen LogP contribution is 2.35. The fourth-order valence-electron chi connectivity index (χ4n) is 5.86. The van der Waals surface area contributed by atoms with Gasteiger partial charge < -0.3 is 39.6 Å². The van der Waals surface area contributed by atoms with Crippen molar-refractivity contribution in [3.63, 3.8) is 0 Å². The number of fused-ring (bicyclic) bond motifs is 1. The second-order valence-electron chi connectivity index (χ2n) is 12.0. The summed E-state index contributed by atoms with van der Waals surface area (Å²) >= 11 is 0. The number of nitrogens with zero attached hydrogens (tertiary/aromatic N) is 3. The number of halogens is 2. The number of benzene rings is 4. The summed E-state index contributed by atoms with van der Waals surface area (Å²) in [6.45, 7) is 3.02. The van der Waals surface area contributed by atoms with Gasteiger partial charge in [-0.3, -0.25) is 4.79 Å². The van der Waals surface area contributed by atoms with Crippen molar-refractivity contribution in [2.45, 2.75) is 39.1 Å². The maximum absolute atomic E-state index is 14.9. The number of aromatic nitrogens is 2. The molecule has 0 radical (unpaired) electrons. The van der Waals surface area contributed by atoms with Gasteiger partial charge in [-0.25, -0.2) is 18.7 Å². The zero-order valence-electron chi connectivity index (χ0n) is 29.2. The molecular weight excluding hydrogens is 672 g/mol. The smallest absolute Gasteiger partial charge is 0.260 e. The first-order valence-electron chi connectivity index (χ1n) is 16.6. The van der Waals surface area contributed by atoms with Gasteiger partial charge in [-0.15, -0.1) is 0 Å². The molecule has 1 atom stereocenters. The number of ether oxygens (including phenoxy) is 5. The molecule has 1 unspecified atom stereocenters. The Morgan fingerprint density at radius 2 is 1.48 bits per heavy atom. The topological polar surface area (TPSA) is 130 Å². The molecule has 0 fully saturated rings. The quantitative estimate of drug-likeness (QED) is 0.117. The van der Waals surface area contributed by atoms with Gasteiger partial charge in [-0.2, -0.15) is 0 Å². The predicted octanol–water partition coefficient (Wildman–Crippen LogP) is 7.04. The predicted molar refractivity (Wildman–Crippen MR) is 191 cm³/mol. The second-order valence-corrected chi connectivity index (χ2v) is 12.0. The first kappa shape index (κ1) is 35.9. The maximum Gasteiger partial charge on any atom is 0.260 e. The number of hydrogen-bond acceptors (Lipinski definition) is 10. The second kappa shape index (κ2) is 15.9. The van der Waals surface area contributed by atoms with Crippen LogP contribution in [0.1, 0.15) is 40.5 Å². The standard InChI is InChI=1S/C39H39F2N5O6/c1-23(16-17-51-29-13-8-24(20-42)33(19-29)49-3)52-27-14-10-26(11-15-27)43-38-36-32(44-37(45-38)35-30(40)6-5-7-31(35)41)22-46(39(36)47)21-25-9-12-28(48-2)18-34(25)50-4/h5-15,18-19,23H,16-17,20-22,42H2,1-4H3,(H,43,44,45). The zero-order valence-corrected chi connectivity index (χ0v) is 29.2. The van der Waals surface area contributed by atoms with Gasteiger partial charge in [0, 0.05) is 41.9 Å². The van der Waals surface area contributed by atoms with Gasteiger partial charge >= 0.3 is 0 Å². The summed E-state index contributed by atoms with van der Waals surface area (Å²) in [7, 11) is 4.68. The van der Waals surface area contributed by atoms with Crippen molar-refractivity contribution in [1.29, 1.82) is 0 Å². The van der Waals surface area contributed by atoms with E-state index in [0.717, 1.165) is 23.3 Å². The number of hydrogen-bond donors (Lipinski definition) is 2. The minimum atomic E-state index is -0.819. The Morgan fingerprint density at radius 1 is 0.827 bits per heavy atom. The summed E-state index contributed by atoms with van der Waals surface area (Å²) in [5.41, 5.74) is 8.11. The van der Waals surface area contributed by atoms with Crippen LogP contribution in [-0.2, 0) is 19.6 Å². The average molecular weight is 712 g/mol. The van der Waals surface area contributed by atoms with Crippen LogP contribution in [0, 0.1) is 11.6 Å². The van der Waals surface area contributed by atoms with Crippen LogP contribution in [0.5, 0.6) is 28.7 Å². The molecular formula is C39H39F2N5O6. The summed E-state index contributed by atoms with van der Waals surface area (Å²) < 4.78 is 58.1. The van der Waals surface area contributed by atoms with Crippen LogP contribution >= 0.6 is 0 Å². The van der Waals surface area contributed by atoms with Gasteiger partial charge in [0.05, 0.1) is 58.4 Å². The van der Waals surface area contributed by atoms with E-state index >= 15 is 0 Å². The SMILES string of the molecule is COc1ccc(CN2Cc3nc(-c4c(F)cccc4F)nc(Nc4ccc(OC(C)CCOc5ccc(CN)c(OC)c5)cc4)c3C2=O)c(OC)c1. The van der Waals surface area contributed by atoms with Crippen molar-refractivity contribution in [2.75, 3.05) is 33.3 Å². The van der Waals surface area contributed by atoms with Crippen molar-refractivity contribution >= 4 is 17.4 Å². The van der Waals surface area contributed by atoms with Crippen molar-refractivity contribution in [1.82, 2.24) is 14.9 Å². The van der Waals surface area contributed by atoms with Gasteiger partial charge in [0.1, 0.15) is 51.8 Å². The van der Waals surface area contributed by atoms with E-state index in [1.165, 1.54) is 13.2 Å². The molecule has 13 heteroatoms. The van der Waals surface area contributed by atoms with Crippen LogP contribution < -0.4 is 34.7 Å². The van der Waals surface area contributed by atoms with E-state index in [9.17, 15) is 13.6 Å².